The maximum absolute atomic E-state index is 12.9. The van der Waals surface area contributed by atoms with Crippen LogP contribution in [0.2, 0.25) is 0 Å². The van der Waals surface area contributed by atoms with E-state index in [4.69, 9.17) is 4.42 Å². The van der Waals surface area contributed by atoms with Gasteiger partial charge in [-0.2, -0.15) is 0 Å². The first-order valence-corrected chi connectivity index (χ1v) is 9.27. The molecule has 1 aromatic carbocycles. The number of nitrogens with zero attached hydrogens (tertiary/aromatic N) is 1. The molecule has 3 nitrogen and oxygen atoms in total. The van der Waals surface area contributed by atoms with Crippen molar-refractivity contribution in [3.8, 4) is 0 Å². The molecule has 0 spiro atoms. The van der Waals surface area contributed by atoms with E-state index in [0.29, 0.717) is 18.8 Å². The predicted octanol–water partition coefficient (Wildman–Crippen LogP) is 4.80. The summed E-state index contributed by atoms with van der Waals surface area (Å²) in [6.45, 7) is 1.09. The maximum atomic E-state index is 12.9. The van der Waals surface area contributed by atoms with Crippen LogP contribution in [0.25, 0.3) is 0 Å². The van der Waals surface area contributed by atoms with Crippen LogP contribution in [-0.2, 0) is 17.9 Å². The fourth-order valence-corrected chi connectivity index (χ4v) is 3.71. The number of hydrogen-bond acceptors (Lipinski definition) is 4. The van der Waals surface area contributed by atoms with Gasteiger partial charge in [-0.15, -0.1) is 23.1 Å². The molecule has 0 aliphatic carbocycles. The van der Waals surface area contributed by atoms with Crippen molar-refractivity contribution < 1.29 is 13.6 Å². The molecule has 3 rings (SSSR count). The van der Waals surface area contributed by atoms with E-state index in [1.807, 2.05) is 28.5 Å². The van der Waals surface area contributed by atoms with Crippen LogP contribution < -0.4 is 0 Å². The van der Waals surface area contributed by atoms with Gasteiger partial charge in [0.2, 0.25) is 5.91 Å². The predicted molar refractivity (Wildman–Crippen MR) is 94.4 cm³/mol. The monoisotopic (exact) mass is 361 g/mol. The third-order valence-electron chi connectivity index (χ3n) is 3.41. The Balaban J connectivity index is 1.64. The van der Waals surface area contributed by atoms with E-state index in [-0.39, 0.29) is 11.7 Å². The Hall–Kier alpha value is -2.05. The molecule has 24 heavy (non-hydrogen) atoms. The van der Waals surface area contributed by atoms with Gasteiger partial charge < -0.3 is 9.32 Å². The second-order valence-electron chi connectivity index (χ2n) is 5.20. The lowest BCUT2D eigenvalue weighted by Crippen LogP contribution is -2.31. The smallest absolute Gasteiger partial charge is 0.233 e. The molecular weight excluding hydrogens is 345 g/mol. The lowest BCUT2D eigenvalue weighted by molar-refractivity contribution is -0.129. The van der Waals surface area contributed by atoms with Gasteiger partial charge in [-0.05, 0) is 41.8 Å². The summed E-state index contributed by atoms with van der Waals surface area (Å²) >= 11 is 3.04. The molecule has 0 N–H and O–H groups in total. The van der Waals surface area contributed by atoms with E-state index in [9.17, 15) is 9.18 Å². The van der Waals surface area contributed by atoms with Crippen LogP contribution in [0.1, 0.15) is 10.4 Å². The fraction of sp³-hybridized carbons (Fsp3) is 0.167. The lowest BCUT2D eigenvalue weighted by Gasteiger charge is -2.21. The highest BCUT2D eigenvalue weighted by molar-refractivity contribution is 8.00. The molecular formula is C18H16FNO2S2. The number of thioether (sulfide) groups is 1. The molecule has 0 aliphatic rings. The van der Waals surface area contributed by atoms with Crippen LogP contribution in [0.4, 0.5) is 4.39 Å². The average molecular weight is 361 g/mol. The van der Waals surface area contributed by atoms with E-state index in [1.54, 1.807) is 36.0 Å². The first-order valence-electron chi connectivity index (χ1n) is 7.40. The van der Waals surface area contributed by atoms with Crippen molar-refractivity contribution in [1.82, 2.24) is 4.90 Å². The molecule has 0 aliphatic heterocycles. The topological polar surface area (TPSA) is 33.5 Å². The van der Waals surface area contributed by atoms with Crippen molar-refractivity contribution in [2.75, 3.05) is 5.75 Å². The summed E-state index contributed by atoms with van der Waals surface area (Å²) in [5, 5.41) is 2.00. The Morgan fingerprint density at radius 3 is 2.67 bits per heavy atom. The van der Waals surface area contributed by atoms with Gasteiger partial charge in [-0.3, -0.25) is 4.79 Å². The van der Waals surface area contributed by atoms with Gasteiger partial charge >= 0.3 is 0 Å². The van der Waals surface area contributed by atoms with E-state index >= 15 is 0 Å². The molecule has 6 heteroatoms. The third kappa shape index (κ3) is 4.72. The van der Waals surface area contributed by atoms with E-state index < -0.39 is 0 Å². The zero-order valence-electron chi connectivity index (χ0n) is 12.9. The second kappa shape index (κ2) is 8.17. The number of halogens is 1. The highest BCUT2D eigenvalue weighted by atomic mass is 32.2. The SMILES string of the molecule is O=C(CSc1ccc(F)cc1)N(Cc1ccoc1)Cc1cccs1. The van der Waals surface area contributed by atoms with Crippen LogP contribution >= 0.6 is 23.1 Å². The summed E-state index contributed by atoms with van der Waals surface area (Å²) < 4.78 is 18.0. The summed E-state index contributed by atoms with van der Waals surface area (Å²) in [6.07, 6.45) is 3.26. The Labute approximate surface area is 148 Å². The number of amides is 1. The lowest BCUT2D eigenvalue weighted by atomic mass is 10.3. The standard InChI is InChI=1S/C18H16FNO2S2/c19-15-3-5-16(6-4-15)24-13-18(21)20(10-14-7-8-22-12-14)11-17-2-1-9-23-17/h1-9,12H,10-11,13H2. The Morgan fingerprint density at radius 1 is 1.17 bits per heavy atom. The minimum atomic E-state index is -0.273. The van der Waals surface area contributed by atoms with Gasteiger partial charge in [0.25, 0.3) is 0 Å². The van der Waals surface area contributed by atoms with Crippen molar-refractivity contribution in [2.45, 2.75) is 18.0 Å². The number of carbonyl (C=O) groups is 1. The molecule has 0 fully saturated rings. The third-order valence-corrected chi connectivity index (χ3v) is 5.27. The quantitative estimate of drug-likeness (QED) is 0.567. The summed E-state index contributed by atoms with van der Waals surface area (Å²) in [7, 11) is 0. The minimum absolute atomic E-state index is 0.0407. The summed E-state index contributed by atoms with van der Waals surface area (Å²) in [4.78, 5) is 16.5. The molecule has 0 radical (unpaired) electrons. The van der Waals surface area contributed by atoms with Crippen molar-refractivity contribution in [2.24, 2.45) is 0 Å². The highest BCUT2D eigenvalue weighted by Crippen LogP contribution is 2.21. The van der Waals surface area contributed by atoms with Gasteiger partial charge in [-0.1, -0.05) is 6.07 Å². The van der Waals surface area contributed by atoms with Crippen LogP contribution in [0.3, 0.4) is 0 Å². The molecule has 0 unspecified atom stereocenters. The zero-order chi connectivity index (χ0) is 16.8. The summed E-state index contributed by atoms with van der Waals surface area (Å²) in [5.74, 6) is 0.0818. The molecule has 2 aromatic heterocycles. The van der Waals surface area contributed by atoms with Crippen LogP contribution in [0.15, 0.2) is 69.7 Å². The van der Waals surface area contributed by atoms with Gasteiger partial charge in [0.15, 0.2) is 0 Å². The first kappa shape index (κ1) is 16.8. The molecule has 0 bridgehead atoms. The molecule has 2 heterocycles. The molecule has 0 saturated carbocycles. The second-order valence-corrected chi connectivity index (χ2v) is 7.28. The largest absolute Gasteiger partial charge is 0.472 e. The summed E-state index contributed by atoms with van der Waals surface area (Å²) in [5.41, 5.74) is 0.965. The number of benzene rings is 1. The average Bonchev–Trinajstić information content (AvgIpc) is 3.27. The van der Waals surface area contributed by atoms with Crippen LogP contribution in [0.5, 0.6) is 0 Å². The van der Waals surface area contributed by atoms with Gasteiger partial charge in [0, 0.05) is 21.9 Å². The summed E-state index contributed by atoms with van der Waals surface area (Å²) in [6, 6.07) is 12.0. The first-order chi connectivity index (χ1) is 11.7. The highest BCUT2D eigenvalue weighted by Gasteiger charge is 2.16. The minimum Gasteiger partial charge on any atom is -0.472 e. The van der Waals surface area contributed by atoms with Gasteiger partial charge in [0.05, 0.1) is 24.8 Å². The van der Waals surface area contributed by atoms with Crippen LogP contribution in [0, 0.1) is 5.82 Å². The Bertz CT molecular complexity index is 719. The van der Waals surface area contributed by atoms with E-state index in [2.05, 4.69) is 0 Å². The normalized spacial score (nSPS) is 10.7. The number of rotatable bonds is 7. The molecule has 124 valence electrons. The van der Waals surface area contributed by atoms with E-state index in [0.717, 1.165) is 15.3 Å². The van der Waals surface area contributed by atoms with Crippen molar-refractivity contribution >= 4 is 29.0 Å². The zero-order valence-corrected chi connectivity index (χ0v) is 14.5. The van der Waals surface area contributed by atoms with Gasteiger partial charge in [0.1, 0.15) is 5.82 Å². The molecule has 0 atom stereocenters. The Kier molecular flexibility index (Phi) is 5.72. The van der Waals surface area contributed by atoms with Gasteiger partial charge in [-0.25, -0.2) is 4.39 Å². The molecule has 0 saturated heterocycles. The number of thiophene rings is 1. The number of carbonyl (C=O) groups excluding carboxylic acids is 1. The van der Waals surface area contributed by atoms with Crippen LogP contribution in [-0.4, -0.2) is 16.6 Å². The fourth-order valence-electron chi connectivity index (χ4n) is 2.19. The number of hydrogen-bond donors (Lipinski definition) is 0. The van der Waals surface area contributed by atoms with Crippen molar-refractivity contribution in [3.63, 3.8) is 0 Å². The van der Waals surface area contributed by atoms with Crippen molar-refractivity contribution in [1.29, 1.82) is 0 Å². The molecule has 3 aromatic rings. The van der Waals surface area contributed by atoms with Crippen molar-refractivity contribution in [3.05, 3.63) is 76.6 Å². The van der Waals surface area contributed by atoms with E-state index in [1.165, 1.54) is 23.9 Å². The number of furan rings is 1. The molecule has 1 amide bonds. The maximum Gasteiger partial charge on any atom is 0.233 e. The Morgan fingerprint density at radius 2 is 2.00 bits per heavy atom.